The number of aryl methyl sites for hydroxylation is 3. The van der Waals surface area contributed by atoms with Crippen LogP contribution in [0.4, 0.5) is 5.69 Å². The molecule has 2 aromatic heterocycles. The second-order valence-corrected chi connectivity index (χ2v) is 8.14. The van der Waals surface area contributed by atoms with E-state index >= 15 is 0 Å². The molecular weight excluding hydrogens is 430 g/mol. The molecule has 0 saturated carbocycles. The number of hydrogen-bond acceptors (Lipinski definition) is 4. The molecule has 4 rings (SSSR count). The van der Waals surface area contributed by atoms with E-state index in [0.29, 0.717) is 11.3 Å². The Hall–Kier alpha value is -4.46. The molecule has 0 unspecified atom stereocenters. The highest BCUT2D eigenvalue weighted by molar-refractivity contribution is 5.95. The third kappa shape index (κ3) is 4.38. The summed E-state index contributed by atoms with van der Waals surface area (Å²) in [6.45, 7) is 7.86. The minimum atomic E-state index is -0.413. The first-order chi connectivity index (χ1) is 16.3. The number of non-ortho nitro benzene ring substituents is 1. The van der Waals surface area contributed by atoms with Gasteiger partial charge < -0.3 is 9.13 Å². The number of nitrogens with zero attached hydrogens (tertiary/aromatic N) is 4. The van der Waals surface area contributed by atoms with E-state index in [0.717, 1.165) is 34.0 Å². The van der Waals surface area contributed by atoms with Crippen LogP contribution in [0.3, 0.4) is 0 Å². The highest BCUT2D eigenvalue weighted by Gasteiger charge is 2.13. The Morgan fingerprint density at radius 1 is 0.882 bits per heavy atom. The highest BCUT2D eigenvalue weighted by atomic mass is 16.6. The van der Waals surface area contributed by atoms with Gasteiger partial charge in [-0.1, -0.05) is 12.1 Å². The van der Waals surface area contributed by atoms with E-state index in [1.54, 1.807) is 18.3 Å². The molecule has 8 heteroatoms. The Balaban J connectivity index is 1.53. The zero-order valence-electron chi connectivity index (χ0n) is 19.4. The summed E-state index contributed by atoms with van der Waals surface area (Å²) >= 11 is 0. The number of nitro groups is 1. The summed E-state index contributed by atoms with van der Waals surface area (Å²) in [5.41, 5.74) is 9.47. The van der Waals surface area contributed by atoms with Gasteiger partial charge in [0.1, 0.15) is 0 Å². The van der Waals surface area contributed by atoms with Crippen molar-refractivity contribution in [1.29, 1.82) is 0 Å². The number of carbonyl (C=O) groups is 1. The standard InChI is InChI=1S/C26H25N5O3/c1-17-11-12-18(2)29(17)23-8-5-7-21(14-23)26(32)28-27-16-22-13-19(3)30(20(22)4)24-9-6-10-25(15-24)31(33)34/h5-16H,1-4H3,(H,28,32)/b27-16-. The van der Waals surface area contributed by atoms with Crippen LogP contribution in [0.1, 0.15) is 38.7 Å². The summed E-state index contributed by atoms with van der Waals surface area (Å²) in [7, 11) is 0. The second-order valence-electron chi connectivity index (χ2n) is 8.14. The molecule has 0 aliphatic heterocycles. The fourth-order valence-corrected chi connectivity index (χ4v) is 4.15. The first kappa shape index (κ1) is 22.7. The summed E-state index contributed by atoms with van der Waals surface area (Å²) in [5.74, 6) is -0.312. The lowest BCUT2D eigenvalue weighted by atomic mass is 10.2. The first-order valence-electron chi connectivity index (χ1n) is 10.8. The van der Waals surface area contributed by atoms with Crippen LogP contribution >= 0.6 is 0 Å². The van der Waals surface area contributed by atoms with Crippen LogP contribution in [-0.2, 0) is 0 Å². The van der Waals surface area contributed by atoms with Gasteiger partial charge in [-0.25, -0.2) is 5.43 Å². The van der Waals surface area contributed by atoms with Crippen molar-refractivity contribution in [2.75, 3.05) is 0 Å². The smallest absolute Gasteiger partial charge is 0.271 e. The molecular formula is C26H25N5O3. The number of hydrogen-bond donors (Lipinski definition) is 1. The molecule has 4 aromatic rings. The van der Waals surface area contributed by atoms with Crippen molar-refractivity contribution in [3.8, 4) is 11.4 Å². The predicted molar refractivity (Wildman–Crippen MR) is 132 cm³/mol. The molecule has 0 atom stereocenters. The van der Waals surface area contributed by atoms with E-state index in [-0.39, 0.29) is 11.6 Å². The number of nitrogens with one attached hydrogen (secondary N) is 1. The number of benzene rings is 2. The molecule has 1 N–H and O–H groups in total. The maximum absolute atomic E-state index is 12.7. The van der Waals surface area contributed by atoms with E-state index in [9.17, 15) is 14.9 Å². The van der Waals surface area contributed by atoms with Gasteiger partial charge in [-0.05, 0) is 70.2 Å². The number of carbonyl (C=O) groups excluding carboxylic acids is 1. The van der Waals surface area contributed by atoms with Crippen molar-refractivity contribution in [2.24, 2.45) is 5.10 Å². The lowest BCUT2D eigenvalue weighted by molar-refractivity contribution is -0.384. The molecule has 2 aromatic carbocycles. The molecule has 0 saturated heterocycles. The molecule has 172 valence electrons. The van der Waals surface area contributed by atoms with Crippen molar-refractivity contribution >= 4 is 17.8 Å². The maximum atomic E-state index is 12.7. The van der Waals surface area contributed by atoms with Gasteiger partial charge in [0.25, 0.3) is 11.6 Å². The van der Waals surface area contributed by atoms with Crippen LogP contribution in [0.15, 0.2) is 71.8 Å². The number of nitro benzene ring substituents is 1. The fraction of sp³-hybridized carbons (Fsp3) is 0.154. The number of rotatable bonds is 6. The lowest BCUT2D eigenvalue weighted by Crippen LogP contribution is -2.18. The minimum absolute atomic E-state index is 0.0278. The Kier molecular flexibility index (Phi) is 6.14. The molecule has 0 spiro atoms. The first-order valence-corrected chi connectivity index (χ1v) is 10.8. The summed E-state index contributed by atoms with van der Waals surface area (Å²) in [4.78, 5) is 23.4. The van der Waals surface area contributed by atoms with E-state index < -0.39 is 4.92 Å². The van der Waals surface area contributed by atoms with E-state index in [2.05, 4.69) is 15.1 Å². The zero-order valence-corrected chi connectivity index (χ0v) is 19.4. The molecule has 0 aliphatic rings. The quantitative estimate of drug-likeness (QED) is 0.247. The van der Waals surface area contributed by atoms with E-state index in [1.807, 2.05) is 74.7 Å². The van der Waals surface area contributed by atoms with Crippen LogP contribution in [0.25, 0.3) is 11.4 Å². The Morgan fingerprint density at radius 3 is 2.21 bits per heavy atom. The third-order valence-electron chi connectivity index (χ3n) is 5.78. The predicted octanol–water partition coefficient (Wildman–Crippen LogP) is 5.17. The Morgan fingerprint density at radius 2 is 1.53 bits per heavy atom. The van der Waals surface area contributed by atoms with Crippen molar-refractivity contribution in [2.45, 2.75) is 27.7 Å². The van der Waals surface area contributed by atoms with Crippen LogP contribution in [0, 0.1) is 37.8 Å². The van der Waals surface area contributed by atoms with Crippen LogP contribution in [-0.4, -0.2) is 26.2 Å². The topological polar surface area (TPSA) is 94.5 Å². The number of amides is 1. The number of aromatic nitrogens is 2. The molecule has 0 aliphatic carbocycles. The Labute approximate surface area is 197 Å². The highest BCUT2D eigenvalue weighted by Crippen LogP contribution is 2.23. The summed E-state index contributed by atoms with van der Waals surface area (Å²) in [5, 5.41) is 15.3. The molecule has 0 radical (unpaired) electrons. The molecule has 2 heterocycles. The second kappa shape index (κ2) is 9.19. The lowest BCUT2D eigenvalue weighted by Gasteiger charge is -2.10. The maximum Gasteiger partial charge on any atom is 0.271 e. The van der Waals surface area contributed by atoms with Gasteiger partial charge in [0, 0.05) is 51.7 Å². The average molecular weight is 456 g/mol. The van der Waals surface area contributed by atoms with E-state index in [1.165, 1.54) is 12.1 Å². The molecule has 1 amide bonds. The van der Waals surface area contributed by atoms with Gasteiger partial charge in [0.05, 0.1) is 16.8 Å². The average Bonchev–Trinajstić information content (AvgIpc) is 3.30. The molecule has 34 heavy (non-hydrogen) atoms. The van der Waals surface area contributed by atoms with Crippen molar-refractivity contribution < 1.29 is 9.72 Å². The van der Waals surface area contributed by atoms with Crippen LogP contribution in [0.5, 0.6) is 0 Å². The van der Waals surface area contributed by atoms with E-state index in [4.69, 9.17) is 0 Å². The summed E-state index contributed by atoms with van der Waals surface area (Å²) < 4.78 is 4.00. The summed E-state index contributed by atoms with van der Waals surface area (Å²) in [6, 6.07) is 19.8. The minimum Gasteiger partial charge on any atom is -0.318 e. The van der Waals surface area contributed by atoms with Gasteiger partial charge in [-0.3, -0.25) is 14.9 Å². The monoisotopic (exact) mass is 455 g/mol. The number of hydrazone groups is 1. The van der Waals surface area contributed by atoms with Gasteiger partial charge in [-0.2, -0.15) is 5.10 Å². The zero-order chi connectivity index (χ0) is 24.4. The van der Waals surface area contributed by atoms with Gasteiger partial charge in [0.15, 0.2) is 0 Å². The summed E-state index contributed by atoms with van der Waals surface area (Å²) in [6.07, 6.45) is 1.58. The van der Waals surface area contributed by atoms with Crippen LogP contribution < -0.4 is 5.43 Å². The Bertz CT molecular complexity index is 1410. The van der Waals surface area contributed by atoms with Crippen molar-refractivity contribution in [1.82, 2.24) is 14.6 Å². The van der Waals surface area contributed by atoms with Gasteiger partial charge >= 0.3 is 0 Å². The largest absolute Gasteiger partial charge is 0.318 e. The van der Waals surface area contributed by atoms with Crippen LogP contribution in [0.2, 0.25) is 0 Å². The molecule has 0 fully saturated rings. The normalized spacial score (nSPS) is 11.2. The van der Waals surface area contributed by atoms with Gasteiger partial charge in [0.2, 0.25) is 0 Å². The van der Waals surface area contributed by atoms with Gasteiger partial charge in [-0.15, -0.1) is 0 Å². The van der Waals surface area contributed by atoms with Crippen molar-refractivity contribution in [3.63, 3.8) is 0 Å². The molecule has 8 nitrogen and oxygen atoms in total. The third-order valence-corrected chi connectivity index (χ3v) is 5.78. The SMILES string of the molecule is Cc1ccc(C)n1-c1cccc(C(=O)N/N=C\c2cc(C)n(-c3cccc([N+](=O)[O-])c3)c2C)c1. The van der Waals surface area contributed by atoms with Crippen molar-refractivity contribution in [3.05, 3.63) is 111 Å². The fourth-order valence-electron chi connectivity index (χ4n) is 4.15. The molecule has 0 bridgehead atoms.